The maximum absolute atomic E-state index is 6.12. The SMILES string of the molecule is N[C@@H]1CCc2cccc(N3CCNCC3)c2C1. The Morgan fingerprint density at radius 2 is 2.06 bits per heavy atom. The fourth-order valence-corrected chi connectivity index (χ4v) is 3.00. The Balaban J connectivity index is 1.93. The molecule has 1 saturated heterocycles. The normalized spacial score (nSPS) is 24.5. The predicted octanol–water partition coefficient (Wildman–Crippen LogP) is 0.912. The molecule has 1 fully saturated rings. The van der Waals surface area contributed by atoms with E-state index in [9.17, 15) is 0 Å². The Hall–Kier alpha value is -1.06. The first kappa shape index (κ1) is 11.1. The molecule has 3 N–H and O–H groups in total. The summed E-state index contributed by atoms with van der Waals surface area (Å²) in [6.45, 7) is 4.42. The van der Waals surface area contributed by atoms with E-state index in [0.717, 1.165) is 45.4 Å². The Bertz CT molecular complexity index is 396. The van der Waals surface area contributed by atoms with Crippen LogP contribution in [0.3, 0.4) is 0 Å². The summed E-state index contributed by atoms with van der Waals surface area (Å²) in [5.74, 6) is 0. The third kappa shape index (κ3) is 2.17. The average Bonchev–Trinajstić information content (AvgIpc) is 2.39. The Labute approximate surface area is 103 Å². The van der Waals surface area contributed by atoms with Crippen LogP contribution in [-0.2, 0) is 12.8 Å². The van der Waals surface area contributed by atoms with Gasteiger partial charge < -0.3 is 16.0 Å². The van der Waals surface area contributed by atoms with Crippen LogP contribution in [0.1, 0.15) is 17.5 Å². The third-order valence-corrected chi connectivity index (χ3v) is 3.96. The number of hydrogen-bond acceptors (Lipinski definition) is 3. The molecule has 3 heteroatoms. The molecule has 92 valence electrons. The molecule has 1 aliphatic carbocycles. The highest BCUT2D eigenvalue weighted by molar-refractivity contribution is 5.58. The molecule has 1 atom stereocenters. The number of nitrogens with one attached hydrogen (secondary N) is 1. The van der Waals surface area contributed by atoms with Crippen molar-refractivity contribution in [3.63, 3.8) is 0 Å². The molecule has 0 bridgehead atoms. The molecule has 1 heterocycles. The number of nitrogens with two attached hydrogens (primary N) is 1. The van der Waals surface area contributed by atoms with Crippen LogP contribution < -0.4 is 16.0 Å². The van der Waals surface area contributed by atoms with Gasteiger partial charge in [-0.3, -0.25) is 0 Å². The first-order chi connectivity index (χ1) is 8.34. The topological polar surface area (TPSA) is 41.3 Å². The summed E-state index contributed by atoms with van der Waals surface area (Å²) in [5.41, 5.74) is 10.6. The first-order valence-electron chi connectivity index (χ1n) is 6.66. The van der Waals surface area contributed by atoms with E-state index in [1.54, 1.807) is 0 Å². The van der Waals surface area contributed by atoms with Crippen molar-refractivity contribution in [1.29, 1.82) is 0 Å². The van der Waals surface area contributed by atoms with E-state index in [-0.39, 0.29) is 0 Å². The molecule has 1 aromatic carbocycles. The summed E-state index contributed by atoms with van der Waals surface area (Å²) in [5, 5.41) is 3.41. The third-order valence-electron chi connectivity index (χ3n) is 3.96. The molecule has 0 unspecified atom stereocenters. The molecule has 0 amide bonds. The summed E-state index contributed by atoms with van der Waals surface area (Å²) in [4.78, 5) is 2.51. The van der Waals surface area contributed by atoms with Gasteiger partial charge in [-0.25, -0.2) is 0 Å². The second-order valence-electron chi connectivity index (χ2n) is 5.15. The highest BCUT2D eigenvalue weighted by Gasteiger charge is 2.21. The van der Waals surface area contributed by atoms with E-state index in [1.807, 2.05) is 0 Å². The minimum Gasteiger partial charge on any atom is -0.369 e. The minimum absolute atomic E-state index is 0.353. The molecule has 0 aromatic heterocycles. The zero-order valence-corrected chi connectivity index (χ0v) is 10.3. The number of hydrogen-bond donors (Lipinski definition) is 2. The standard InChI is InChI=1S/C14H21N3/c15-12-5-4-11-2-1-3-14(13(11)10-12)17-8-6-16-7-9-17/h1-3,12,16H,4-10,15H2/t12-/m1/s1. The van der Waals surface area contributed by atoms with Gasteiger partial charge in [0.05, 0.1) is 0 Å². The summed E-state index contributed by atoms with van der Waals surface area (Å²) in [6.07, 6.45) is 3.34. The lowest BCUT2D eigenvalue weighted by Crippen LogP contribution is -2.44. The fourth-order valence-electron chi connectivity index (χ4n) is 3.00. The van der Waals surface area contributed by atoms with Crippen molar-refractivity contribution in [3.8, 4) is 0 Å². The number of piperazine rings is 1. The maximum Gasteiger partial charge on any atom is 0.0403 e. The van der Waals surface area contributed by atoms with E-state index in [4.69, 9.17) is 5.73 Å². The van der Waals surface area contributed by atoms with Crippen molar-refractivity contribution in [1.82, 2.24) is 5.32 Å². The molecule has 2 aliphatic rings. The fraction of sp³-hybridized carbons (Fsp3) is 0.571. The van der Waals surface area contributed by atoms with Gasteiger partial charge in [-0.15, -0.1) is 0 Å². The van der Waals surface area contributed by atoms with E-state index in [1.165, 1.54) is 16.8 Å². The van der Waals surface area contributed by atoms with Crippen LogP contribution in [0.15, 0.2) is 18.2 Å². The van der Waals surface area contributed by atoms with Crippen molar-refractivity contribution in [2.75, 3.05) is 31.1 Å². The number of anilines is 1. The van der Waals surface area contributed by atoms with E-state index < -0.39 is 0 Å². The molecule has 0 radical (unpaired) electrons. The molecule has 1 aromatic rings. The van der Waals surface area contributed by atoms with Gasteiger partial charge in [-0.1, -0.05) is 12.1 Å². The minimum atomic E-state index is 0.353. The lowest BCUT2D eigenvalue weighted by molar-refractivity contribution is 0.562. The summed E-state index contributed by atoms with van der Waals surface area (Å²) in [6, 6.07) is 7.09. The molecule has 0 saturated carbocycles. The molecule has 0 spiro atoms. The van der Waals surface area contributed by atoms with Crippen LogP contribution in [0.4, 0.5) is 5.69 Å². The monoisotopic (exact) mass is 231 g/mol. The van der Waals surface area contributed by atoms with Gasteiger partial charge in [0.2, 0.25) is 0 Å². The molecule has 1 aliphatic heterocycles. The number of aryl methyl sites for hydroxylation is 1. The van der Waals surface area contributed by atoms with Crippen molar-refractivity contribution in [2.45, 2.75) is 25.3 Å². The van der Waals surface area contributed by atoms with Gasteiger partial charge in [0.1, 0.15) is 0 Å². The first-order valence-corrected chi connectivity index (χ1v) is 6.66. The Kier molecular flexibility index (Phi) is 3.04. The lowest BCUT2D eigenvalue weighted by atomic mass is 9.87. The van der Waals surface area contributed by atoms with Gasteiger partial charge in [0.25, 0.3) is 0 Å². The van der Waals surface area contributed by atoms with E-state index in [0.29, 0.717) is 6.04 Å². The summed E-state index contributed by atoms with van der Waals surface area (Å²) < 4.78 is 0. The summed E-state index contributed by atoms with van der Waals surface area (Å²) in [7, 11) is 0. The maximum atomic E-state index is 6.12. The van der Waals surface area contributed by atoms with Crippen LogP contribution in [0.25, 0.3) is 0 Å². The van der Waals surface area contributed by atoms with Crippen molar-refractivity contribution >= 4 is 5.69 Å². The van der Waals surface area contributed by atoms with Gasteiger partial charge in [0, 0.05) is 37.9 Å². The number of fused-ring (bicyclic) bond motifs is 1. The molecule has 3 nitrogen and oxygen atoms in total. The second kappa shape index (κ2) is 4.67. The zero-order chi connectivity index (χ0) is 11.7. The molecular weight excluding hydrogens is 210 g/mol. The quantitative estimate of drug-likeness (QED) is 0.755. The second-order valence-corrected chi connectivity index (χ2v) is 5.15. The Morgan fingerprint density at radius 1 is 1.24 bits per heavy atom. The van der Waals surface area contributed by atoms with E-state index >= 15 is 0 Å². The lowest BCUT2D eigenvalue weighted by Gasteiger charge is -2.34. The van der Waals surface area contributed by atoms with Crippen LogP contribution in [-0.4, -0.2) is 32.2 Å². The van der Waals surface area contributed by atoms with Gasteiger partial charge in [-0.05, 0) is 36.5 Å². The molecule has 3 rings (SSSR count). The number of rotatable bonds is 1. The highest BCUT2D eigenvalue weighted by Crippen LogP contribution is 2.30. The van der Waals surface area contributed by atoms with Gasteiger partial charge in [0.15, 0.2) is 0 Å². The van der Waals surface area contributed by atoms with Gasteiger partial charge in [-0.2, -0.15) is 0 Å². The largest absolute Gasteiger partial charge is 0.369 e. The average molecular weight is 231 g/mol. The van der Waals surface area contributed by atoms with Gasteiger partial charge >= 0.3 is 0 Å². The van der Waals surface area contributed by atoms with Crippen LogP contribution >= 0.6 is 0 Å². The van der Waals surface area contributed by atoms with E-state index in [2.05, 4.69) is 28.4 Å². The Morgan fingerprint density at radius 3 is 2.88 bits per heavy atom. The zero-order valence-electron chi connectivity index (χ0n) is 10.3. The van der Waals surface area contributed by atoms with Crippen LogP contribution in [0, 0.1) is 0 Å². The number of benzene rings is 1. The smallest absolute Gasteiger partial charge is 0.0403 e. The molecule has 17 heavy (non-hydrogen) atoms. The number of nitrogens with zero attached hydrogens (tertiary/aromatic N) is 1. The molecular formula is C14H21N3. The van der Waals surface area contributed by atoms with Crippen molar-refractivity contribution < 1.29 is 0 Å². The van der Waals surface area contributed by atoms with Crippen molar-refractivity contribution in [2.24, 2.45) is 5.73 Å². The highest BCUT2D eigenvalue weighted by atomic mass is 15.2. The van der Waals surface area contributed by atoms with Crippen molar-refractivity contribution in [3.05, 3.63) is 29.3 Å². The predicted molar refractivity (Wildman–Crippen MR) is 71.5 cm³/mol. The van der Waals surface area contributed by atoms with Crippen LogP contribution in [0.2, 0.25) is 0 Å². The summed E-state index contributed by atoms with van der Waals surface area (Å²) >= 11 is 0. The van der Waals surface area contributed by atoms with Crippen LogP contribution in [0.5, 0.6) is 0 Å².